The Morgan fingerprint density at radius 1 is 1.07 bits per heavy atom. The fourth-order valence-electron chi connectivity index (χ4n) is 3.19. The summed E-state index contributed by atoms with van der Waals surface area (Å²) in [6.07, 6.45) is 5.60. The average Bonchev–Trinajstić information content (AvgIpc) is 2.32. The van der Waals surface area contributed by atoms with Crippen molar-refractivity contribution in [2.75, 3.05) is 13.1 Å². The maximum Gasteiger partial charge on any atom is 0.0138 e. The van der Waals surface area contributed by atoms with E-state index in [9.17, 15) is 0 Å². The average molecular weight is 201 g/mol. The third-order valence-electron chi connectivity index (χ3n) is 4.09. The van der Waals surface area contributed by atoms with Crippen molar-refractivity contribution in [1.29, 1.82) is 0 Å². The third kappa shape index (κ3) is 1.93. The molecule has 0 radical (unpaired) electrons. The van der Waals surface area contributed by atoms with Gasteiger partial charge in [-0.15, -0.1) is 0 Å². The van der Waals surface area contributed by atoms with Gasteiger partial charge in [0, 0.05) is 6.04 Å². The zero-order chi connectivity index (χ0) is 10.1. The minimum atomic E-state index is 0.833. The smallest absolute Gasteiger partial charge is 0.0138 e. The van der Waals surface area contributed by atoms with Crippen LogP contribution in [0, 0.1) is 5.92 Å². The normalized spacial score (nSPS) is 34.3. The van der Waals surface area contributed by atoms with Gasteiger partial charge in [-0.25, -0.2) is 0 Å². The Labute approximate surface area is 92.1 Å². The third-order valence-corrected chi connectivity index (χ3v) is 4.09. The van der Waals surface area contributed by atoms with Crippen molar-refractivity contribution in [3.63, 3.8) is 0 Å². The van der Waals surface area contributed by atoms with E-state index in [0.29, 0.717) is 0 Å². The van der Waals surface area contributed by atoms with E-state index < -0.39 is 0 Å². The van der Waals surface area contributed by atoms with Crippen molar-refractivity contribution in [3.8, 4) is 0 Å². The number of rotatable bonds is 2. The highest BCUT2D eigenvalue weighted by atomic mass is 15.2. The van der Waals surface area contributed by atoms with Crippen LogP contribution >= 0.6 is 0 Å². The predicted molar refractivity (Wildman–Crippen MR) is 62.8 cm³/mol. The van der Waals surface area contributed by atoms with Crippen LogP contribution in [0.1, 0.15) is 24.8 Å². The lowest BCUT2D eigenvalue weighted by molar-refractivity contribution is 0.0498. The van der Waals surface area contributed by atoms with Gasteiger partial charge in [-0.05, 0) is 50.3 Å². The van der Waals surface area contributed by atoms with Gasteiger partial charge in [0.2, 0.25) is 0 Å². The van der Waals surface area contributed by atoms with Crippen LogP contribution in [0.2, 0.25) is 0 Å². The van der Waals surface area contributed by atoms with Crippen LogP contribution in [0.5, 0.6) is 0 Å². The second-order valence-corrected chi connectivity index (χ2v) is 5.06. The van der Waals surface area contributed by atoms with Crippen LogP contribution in [0.15, 0.2) is 30.3 Å². The Hall–Kier alpha value is -0.820. The second-order valence-electron chi connectivity index (χ2n) is 5.06. The Morgan fingerprint density at radius 3 is 2.40 bits per heavy atom. The molecule has 3 aliphatic heterocycles. The van der Waals surface area contributed by atoms with Gasteiger partial charge in [-0.2, -0.15) is 0 Å². The molecule has 0 saturated carbocycles. The second kappa shape index (κ2) is 3.97. The molecule has 15 heavy (non-hydrogen) atoms. The summed E-state index contributed by atoms with van der Waals surface area (Å²) in [7, 11) is 0. The molecule has 1 atom stereocenters. The van der Waals surface area contributed by atoms with Crippen molar-refractivity contribution in [1.82, 2.24) is 4.90 Å². The molecular formula is C14H19N. The summed E-state index contributed by atoms with van der Waals surface area (Å²) in [4.78, 5) is 2.70. The summed E-state index contributed by atoms with van der Waals surface area (Å²) >= 11 is 0. The zero-order valence-corrected chi connectivity index (χ0v) is 9.23. The molecule has 0 aliphatic carbocycles. The van der Waals surface area contributed by atoms with Crippen LogP contribution in [-0.4, -0.2) is 24.0 Å². The SMILES string of the molecule is c1ccc(CC2CC3CCN2CC3)cc1. The lowest BCUT2D eigenvalue weighted by Gasteiger charge is -2.45. The largest absolute Gasteiger partial charge is 0.300 e. The summed E-state index contributed by atoms with van der Waals surface area (Å²) in [5, 5.41) is 0. The minimum Gasteiger partial charge on any atom is -0.300 e. The Bertz CT molecular complexity index is 311. The Balaban J connectivity index is 1.69. The highest BCUT2D eigenvalue weighted by molar-refractivity contribution is 5.16. The van der Waals surface area contributed by atoms with E-state index in [0.717, 1.165) is 12.0 Å². The van der Waals surface area contributed by atoms with Gasteiger partial charge in [-0.1, -0.05) is 30.3 Å². The first kappa shape index (κ1) is 9.41. The molecule has 3 fully saturated rings. The molecule has 0 N–H and O–H groups in total. The van der Waals surface area contributed by atoms with Crippen LogP contribution in [0.3, 0.4) is 0 Å². The van der Waals surface area contributed by atoms with Crippen LogP contribution < -0.4 is 0 Å². The van der Waals surface area contributed by atoms with Crippen molar-refractivity contribution in [2.45, 2.75) is 31.7 Å². The molecule has 2 bridgehead atoms. The van der Waals surface area contributed by atoms with Gasteiger partial charge >= 0.3 is 0 Å². The van der Waals surface area contributed by atoms with E-state index in [1.54, 1.807) is 0 Å². The lowest BCUT2D eigenvalue weighted by atomic mass is 9.81. The molecule has 1 heteroatoms. The van der Waals surface area contributed by atoms with Crippen LogP contribution in [0.4, 0.5) is 0 Å². The maximum absolute atomic E-state index is 2.70. The fourth-order valence-corrected chi connectivity index (χ4v) is 3.19. The quantitative estimate of drug-likeness (QED) is 0.711. The molecule has 80 valence electrons. The number of fused-ring (bicyclic) bond motifs is 3. The lowest BCUT2D eigenvalue weighted by Crippen LogP contribution is -2.49. The molecule has 0 amide bonds. The van der Waals surface area contributed by atoms with E-state index >= 15 is 0 Å². The molecule has 1 unspecified atom stereocenters. The van der Waals surface area contributed by atoms with Crippen molar-refractivity contribution in [2.24, 2.45) is 5.92 Å². The van der Waals surface area contributed by atoms with Crippen molar-refractivity contribution in [3.05, 3.63) is 35.9 Å². The summed E-state index contributed by atoms with van der Waals surface area (Å²) in [6.45, 7) is 2.70. The first-order valence-corrected chi connectivity index (χ1v) is 6.20. The predicted octanol–water partition coefficient (Wildman–Crippen LogP) is 2.71. The summed E-state index contributed by atoms with van der Waals surface area (Å²) in [5.74, 6) is 1.03. The van der Waals surface area contributed by atoms with E-state index in [4.69, 9.17) is 0 Å². The van der Waals surface area contributed by atoms with Gasteiger partial charge in [0.1, 0.15) is 0 Å². The number of hydrogen-bond acceptors (Lipinski definition) is 1. The molecular weight excluding hydrogens is 182 g/mol. The fraction of sp³-hybridized carbons (Fsp3) is 0.571. The molecule has 3 aliphatic rings. The Morgan fingerprint density at radius 2 is 1.80 bits per heavy atom. The topological polar surface area (TPSA) is 3.24 Å². The highest BCUT2D eigenvalue weighted by Gasteiger charge is 2.33. The molecule has 4 rings (SSSR count). The molecule has 1 aromatic rings. The van der Waals surface area contributed by atoms with E-state index in [1.807, 2.05) is 0 Å². The van der Waals surface area contributed by atoms with E-state index in [1.165, 1.54) is 44.3 Å². The molecule has 3 heterocycles. The monoisotopic (exact) mass is 201 g/mol. The Kier molecular flexibility index (Phi) is 2.49. The summed E-state index contributed by atoms with van der Waals surface area (Å²) in [6, 6.07) is 11.8. The molecule has 0 spiro atoms. The standard InChI is InChI=1S/C14H19N/c1-2-4-12(5-3-1)10-14-11-13-6-8-15(14)9-7-13/h1-5,13-14H,6-11H2. The van der Waals surface area contributed by atoms with Crippen molar-refractivity contribution < 1.29 is 0 Å². The number of nitrogens with zero attached hydrogens (tertiary/aromatic N) is 1. The zero-order valence-electron chi connectivity index (χ0n) is 9.23. The van der Waals surface area contributed by atoms with Crippen molar-refractivity contribution >= 4 is 0 Å². The molecule has 0 aromatic heterocycles. The maximum atomic E-state index is 2.70. The van der Waals surface area contributed by atoms with Gasteiger partial charge in [0.15, 0.2) is 0 Å². The highest BCUT2D eigenvalue weighted by Crippen LogP contribution is 2.33. The summed E-state index contributed by atoms with van der Waals surface area (Å²) in [5.41, 5.74) is 1.51. The summed E-state index contributed by atoms with van der Waals surface area (Å²) < 4.78 is 0. The minimum absolute atomic E-state index is 0.833. The molecule has 1 nitrogen and oxygen atoms in total. The number of piperidine rings is 3. The first-order chi connectivity index (χ1) is 7.42. The number of hydrogen-bond donors (Lipinski definition) is 0. The first-order valence-electron chi connectivity index (χ1n) is 6.20. The molecule has 3 saturated heterocycles. The van der Waals surface area contributed by atoms with Crippen LogP contribution in [0.25, 0.3) is 0 Å². The van der Waals surface area contributed by atoms with Gasteiger partial charge in [0.05, 0.1) is 0 Å². The van der Waals surface area contributed by atoms with E-state index in [2.05, 4.69) is 35.2 Å². The van der Waals surface area contributed by atoms with Gasteiger partial charge < -0.3 is 4.90 Å². The van der Waals surface area contributed by atoms with Gasteiger partial charge in [0.25, 0.3) is 0 Å². The number of benzene rings is 1. The van der Waals surface area contributed by atoms with Crippen LogP contribution in [-0.2, 0) is 6.42 Å². The molecule has 1 aromatic carbocycles. The van der Waals surface area contributed by atoms with Gasteiger partial charge in [-0.3, -0.25) is 0 Å². The van der Waals surface area contributed by atoms with E-state index in [-0.39, 0.29) is 0 Å².